The summed E-state index contributed by atoms with van der Waals surface area (Å²) in [5.41, 5.74) is 8.54. The van der Waals surface area contributed by atoms with Crippen molar-refractivity contribution in [1.29, 1.82) is 0 Å². The van der Waals surface area contributed by atoms with E-state index in [1.807, 2.05) is 201 Å². The van der Waals surface area contributed by atoms with Gasteiger partial charge in [-0.15, -0.1) is 6.42 Å². The van der Waals surface area contributed by atoms with Crippen LogP contribution in [-0.2, 0) is 20.7 Å². The minimum atomic E-state index is -1.42. The van der Waals surface area contributed by atoms with Gasteiger partial charge in [0.1, 0.15) is 24.7 Å². The summed E-state index contributed by atoms with van der Waals surface area (Å²) in [6, 6.07) is 48.6. The highest BCUT2D eigenvalue weighted by atomic mass is 16.5. The molecule has 0 saturated carbocycles. The Balaban J connectivity index is 0.000000222. The van der Waals surface area contributed by atoms with Crippen molar-refractivity contribution < 1.29 is 44.2 Å². The maximum Gasteiger partial charge on any atom is 0.338 e. The number of carbonyl (C=O) groups is 2. The summed E-state index contributed by atoms with van der Waals surface area (Å²) in [4.78, 5) is 37.0. The molecule has 0 amide bonds. The number of anilines is 6. The number of phenols is 1. The van der Waals surface area contributed by atoms with Gasteiger partial charge in [-0.2, -0.15) is 0 Å². The van der Waals surface area contributed by atoms with Crippen LogP contribution in [0.25, 0.3) is 27.6 Å². The molecule has 0 radical (unpaired) electrons. The zero-order valence-electron chi connectivity index (χ0n) is 49.5. The Hall–Kier alpha value is -9.20. The number of nitrogens with zero attached hydrogens (tertiary/aromatic N) is 6. The smallest absolute Gasteiger partial charge is 0.338 e. The van der Waals surface area contributed by atoms with Crippen LogP contribution in [0.5, 0.6) is 11.5 Å². The van der Waals surface area contributed by atoms with Gasteiger partial charge in [-0.05, 0) is 114 Å². The van der Waals surface area contributed by atoms with E-state index < -0.39 is 23.1 Å². The Morgan fingerprint density at radius 2 is 0.905 bits per heavy atom. The Morgan fingerprint density at radius 3 is 1.31 bits per heavy atom. The highest BCUT2D eigenvalue weighted by molar-refractivity contribution is 6.05. The zero-order valence-corrected chi connectivity index (χ0v) is 49.5. The van der Waals surface area contributed by atoms with Crippen LogP contribution in [0, 0.1) is 12.3 Å². The third-order valence-electron chi connectivity index (χ3n) is 14.4. The van der Waals surface area contributed by atoms with Gasteiger partial charge in [-0.25, -0.2) is 9.59 Å². The molecule has 0 bridgehead atoms. The molecule has 1 heterocycles. The monoisotopic (exact) mass is 1140 g/mol. The van der Waals surface area contributed by atoms with Crippen molar-refractivity contribution in [3.05, 3.63) is 197 Å². The molecule has 0 saturated heterocycles. The molecule has 0 atom stereocenters. The number of aliphatic hydroxyl groups excluding tert-OH is 2. The number of fused-ring (bicyclic) bond motifs is 4. The van der Waals surface area contributed by atoms with Crippen molar-refractivity contribution >= 4 is 73.7 Å². The van der Waals surface area contributed by atoms with Crippen molar-refractivity contribution in [2.75, 3.05) is 140 Å². The third-order valence-corrected chi connectivity index (χ3v) is 14.4. The Labute approximate surface area is 495 Å². The van der Waals surface area contributed by atoms with E-state index in [9.17, 15) is 24.9 Å². The maximum atomic E-state index is 13.2. The molecule has 0 spiro atoms. The molecule has 0 aliphatic carbocycles. The fourth-order valence-electron chi connectivity index (χ4n) is 9.47. The topological polar surface area (TPSA) is 162 Å². The van der Waals surface area contributed by atoms with E-state index >= 15 is 0 Å². The maximum absolute atomic E-state index is 13.2. The lowest BCUT2D eigenvalue weighted by molar-refractivity contribution is 0.0426. The fraction of sp³-hybridized carbons (Fsp3) is 0.275. The molecule has 15 heteroatoms. The summed E-state index contributed by atoms with van der Waals surface area (Å²) in [5.74, 6) is 2.11. The van der Waals surface area contributed by atoms with Crippen LogP contribution in [0.4, 0.5) is 34.1 Å². The summed E-state index contributed by atoms with van der Waals surface area (Å²) in [6.45, 7) is -0.597. The number of phenolic OH excluding ortho intramolecular Hbond substituents is 1. The highest BCUT2D eigenvalue weighted by Gasteiger charge is 2.39. The minimum absolute atomic E-state index is 0. The van der Waals surface area contributed by atoms with Crippen LogP contribution in [-0.4, -0.2) is 143 Å². The summed E-state index contributed by atoms with van der Waals surface area (Å²) < 4.78 is 17.3. The number of aromatic hydroxyl groups is 1. The van der Waals surface area contributed by atoms with Gasteiger partial charge in [0.2, 0.25) is 0 Å². The molecule has 0 fully saturated rings. The zero-order chi connectivity index (χ0) is 60.3. The lowest BCUT2D eigenvalue weighted by Gasteiger charge is -2.37. The number of terminal acetylenes is 1. The van der Waals surface area contributed by atoms with Crippen molar-refractivity contribution in [2.45, 2.75) is 18.6 Å². The second kappa shape index (κ2) is 27.7. The summed E-state index contributed by atoms with van der Waals surface area (Å²) >= 11 is 0. The first-order chi connectivity index (χ1) is 39.5. The number of hydrogen-bond acceptors (Lipinski definition) is 15. The predicted molar refractivity (Wildman–Crippen MR) is 345 cm³/mol. The van der Waals surface area contributed by atoms with Crippen LogP contribution in [0.1, 0.15) is 56.0 Å². The number of rotatable bonds is 16. The van der Waals surface area contributed by atoms with Crippen LogP contribution < -0.4 is 34.1 Å². The summed E-state index contributed by atoms with van der Waals surface area (Å²) in [5, 5.41) is 42.1. The number of hydrogen-bond donors (Lipinski definition) is 4. The lowest BCUT2D eigenvalue weighted by Crippen LogP contribution is -2.35. The quantitative estimate of drug-likeness (QED) is 0.0534. The first-order valence-corrected chi connectivity index (χ1v) is 27.0. The van der Waals surface area contributed by atoms with Gasteiger partial charge in [0.05, 0.1) is 24.3 Å². The largest absolute Gasteiger partial charge is 0.507 e. The normalized spacial score (nSPS) is 11.9. The van der Waals surface area contributed by atoms with Crippen LogP contribution >= 0.6 is 0 Å². The molecule has 8 aromatic rings. The van der Waals surface area contributed by atoms with Gasteiger partial charge in [0.25, 0.3) is 0 Å². The second-order valence-electron chi connectivity index (χ2n) is 21.3. The lowest BCUT2D eigenvalue weighted by atomic mass is 9.82. The predicted octanol–water partition coefficient (Wildman–Crippen LogP) is 10.6. The van der Waals surface area contributed by atoms with E-state index in [1.165, 1.54) is 6.07 Å². The van der Waals surface area contributed by atoms with Gasteiger partial charge < -0.3 is 64.0 Å². The van der Waals surface area contributed by atoms with Gasteiger partial charge in [0.15, 0.2) is 11.2 Å². The molecular weight excluding hydrogens is 1060 g/mol. The molecule has 1 aliphatic heterocycles. The van der Waals surface area contributed by atoms with Crippen molar-refractivity contribution in [2.24, 2.45) is 0 Å². The number of carbonyl (C=O) groups excluding carboxylic acids is 2. The molecule has 15 nitrogen and oxygen atoms in total. The first kappa shape index (κ1) is 64.0. The average Bonchev–Trinajstić information content (AvgIpc) is 2.81. The van der Waals surface area contributed by atoms with Crippen molar-refractivity contribution in [3.63, 3.8) is 0 Å². The number of aliphatic hydroxyl groups is 3. The van der Waals surface area contributed by atoms with Gasteiger partial charge >= 0.3 is 11.9 Å². The van der Waals surface area contributed by atoms with Crippen LogP contribution in [0.2, 0.25) is 0 Å². The third kappa shape index (κ3) is 14.2. The molecule has 440 valence electrons. The fourth-order valence-corrected chi connectivity index (χ4v) is 9.47. The van der Waals surface area contributed by atoms with Gasteiger partial charge in [0, 0.05) is 157 Å². The average molecular weight is 1140 g/mol. The molecule has 9 rings (SSSR count). The number of ether oxygens (including phenoxy) is 3. The SMILES string of the molecule is C.C#CC(O)(c1ccc(N(C)C)cc1)c1ccc(N(C)C)cc1.CN(C)c1ccc(C2(c3ccc(N(C)C)cc3)C=Cc3c(C(=O)OCCO)cc4ccc(N(C)C)cc4c3O2)cc1.CN(C)c1ccc2cc(C(=O)OCCO)cc(O)c2c1. The van der Waals surface area contributed by atoms with E-state index in [1.54, 1.807) is 6.07 Å². The Bertz CT molecular complexity index is 3500. The molecule has 0 unspecified atom stereocenters. The van der Waals surface area contributed by atoms with E-state index in [0.717, 1.165) is 61.4 Å². The molecule has 84 heavy (non-hydrogen) atoms. The van der Waals surface area contributed by atoms with Crippen LogP contribution in [0.15, 0.2) is 158 Å². The van der Waals surface area contributed by atoms with Gasteiger partial charge in [-0.1, -0.05) is 74.0 Å². The Kier molecular flexibility index (Phi) is 21.1. The van der Waals surface area contributed by atoms with Crippen molar-refractivity contribution in [3.8, 4) is 23.8 Å². The standard InChI is InChI=1S/C34H37N3O4.C19H22N2O.C15H17NO4.CH4/c1-35(2)26-13-8-24(9-14-26)34(25-10-15-27(16-11-25)36(3)4)18-17-29-31(33(39)40-20-19-38)21-23-7-12-28(37(5)6)22-30(23)32(29)41-34;1-6-19(22,15-7-11-17(12-8-15)20(2)3)16-9-13-18(14-10-16)21(4)5;1-16(2)12-4-3-10-7-11(15(19)20-6-5-17)8-14(18)13(10)9-12;/h7-18,21-22,38H,19-20H2,1-6H3;1,7-14,22H,2-5H3;3-4,7-9,17-18H,5-6H2,1-2H3;1H4. The number of esters is 2. The van der Waals surface area contributed by atoms with Crippen LogP contribution in [0.3, 0.4) is 0 Å². The van der Waals surface area contributed by atoms with E-state index in [2.05, 4.69) is 70.3 Å². The molecule has 0 aromatic heterocycles. The molecule has 1 aliphatic rings. The molecule has 4 N–H and O–H groups in total. The molecular formula is C69H80N6O9. The van der Waals surface area contributed by atoms with E-state index in [4.69, 9.17) is 25.7 Å². The Morgan fingerprint density at radius 1 is 0.524 bits per heavy atom. The van der Waals surface area contributed by atoms with Gasteiger partial charge in [-0.3, -0.25) is 0 Å². The second-order valence-corrected chi connectivity index (χ2v) is 21.3. The van der Waals surface area contributed by atoms with E-state index in [0.29, 0.717) is 33.4 Å². The number of benzene rings is 8. The minimum Gasteiger partial charge on any atom is -0.507 e. The van der Waals surface area contributed by atoms with E-state index in [-0.39, 0.29) is 45.2 Å². The molecule has 8 aromatic carbocycles. The summed E-state index contributed by atoms with van der Waals surface area (Å²) in [6.07, 6.45) is 9.64. The highest BCUT2D eigenvalue weighted by Crippen LogP contribution is 2.48. The van der Waals surface area contributed by atoms with Crippen molar-refractivity contribution in [1.82, 2.24) is 0 Å². The summed E-state index contributed by atoms with van der Waals surface area (Å²) in [7, 11) is 23.8. The first-order valence-electron chi connectivity index (χ1n) is 27.0.